The van der Waals surface area contributed by atoms with E-state index in [0.29, 0.717) is 17.8 Å². The first kappa shape index (κ1) is 15.0. The first-order valence-corrected chi connectivity index (χ1v) is 7.99. The minimum atomic E-state index is -0.752. The molecule has 1 saturated carbocycles. The van der Waals surface area contributed by atoms with Crippen LogP contribution in [-0.4, -0.2) is 28.3 Å². The van der Waals surface area contributed by atoms with Crippen molar-refractivity contribution in [3.8, 4) is 0 Å². The highest BCUT2D eigenvalue weighted by Gasteiger charge is 2.28. The van der Waals surface area contributed by atoms with Gasteiger partial charge >= 0.3 is 0 Å². The van der Waals surface area contributed by atoms with Crippen molar-refractivity contribution in [3.63, 3.8) is 0 Å². The fourth-order valence-electron chi connectivity index (χ4n) is 3.11. The molecule has 5 nitrogen and oxygen atoms in total. The number of rotatable bonds is 4. The van der Waals surface area contributed by atoms with Crippen LogP contribution < -0.4 is 5.32 Å². The van der Waals surface area contributed by atoms with Gasteiger partial charge in [0.15, 0.2) is 5.58 Å². The maximum Gasteiger partial charge on any atom is 0.226 e. The number of amides is 1. The minimum Gasteiger partial charge on any atom is -0.388 e. The Bertz CT molecular complexity index is 642. The summed E-state index contributed by atoms with van der Waals surface area (Å²) >= 11 is 0. The van der Waals surface area contributed by atoms with Crippen LogP contribution in [0.25, 0.3) is 11.0 Å². The molecule has 0 saturated heterocycles. The van der Waals surface area contributed by atoms with Gasteiger partial charge in [-0.1, -0.05) is 43.0 Å². The lowest BCUT2D eigenvalue weighted by Crippen LogP contribution is -2.43. The molecule has 2 N–H and O–H groups in total. The summed E-state index contributed by atoms with van der Waals surface area (Å²) in [6.45, 7) is 0.321. The van der Waals surface area contributed by atoms with Crippen LogP contribution in [0.3, 0.4) is 0 Å². The summed E-state index contributed by atoms with van der Waals surface area (Å²) in [5.74, 6) is -0.128. The molecule has 22 heavy (non-hydrogen) atoms. The van der Waals surface area contributed by atoms with E-state index in [4.69, 9.17) is 4.52 Å². The molecule has 1 aliphatic rings. The lowest BCUT2D eigenvalue weighted by atomic mass is 9.94. The Hall–Kier alpha value is -1.88. The SMILES string of the molecule is O=C(Cc1noc2ccccc12)NCC1(O)CCCCCC1. The van der Waals surface area contributed by atoms with Gasteiger partial charge in [0.1, 0.15) is 5.69 Å². The lowest BCUT2D eigenvalue weighted by molar-refractivity contribution is -0.121. The third kappa shape index (κ3) is 3.47. The Morgan fingerprint density at radius 1 is 1.23 bits per heavy atom. The molecule has 1 aliphatic carbocycles. The molecule has 1 heterocycles. The van der Waals surface area contributed by atoms with Gasteiger partial charge in [0.05, 0.1) is 12.0 Å². The van der Waals surface area contributed by atoms with E-state index < -0.39 is 5.60 Å². The normalized spacial score (nSPS) is 18.0. The van der Waals surface area contributed by atoms with Crippen molar-refractivity contribution in [2.24, 2.45) is 0 Å². The Morgan fingerprint density at radius 3 is 2.73 bits per heavy atom. The summed E-state index contributed by atoms with van der Waals surface area (Å²) in [5, 5.41) is 18.2. The van der Waals surface area contributed by atoms with Crippen LogP contribution in [0, 0.1) is 0 Å². The van der Waals surface area contributed by atoms with Gasteiger partial charge in [-0.15, -0.1) is 0 Å². The number of hydrogen-bond acceptors (Lipinski definition) is 4. The van der Waals surface area contributed by atoms with Crippen molar-refractivity contribution >= 4 is 16.9 Å². The topological polar surface area (TPSA) is 75.4 Å². The molecule has 0 unspecified atom stereocenters. The molecular formula is C17H22N2O3. The van der Waals surface area contributed by atoms with Crippen LogP contribution in [-0.2, 0) is 11.2 Å². The molecule has 1 fully saturated rings. The second-order valence-corrected chi connectivity index (χ2v) is 6.22. The van der Waals surface area contributed by atoms with Crippen molar-refractivity contribution in [3.05, 3.63) is 30.0 Å². The summed E-state index contributed by atoms with van der Waals surface area (Å²) in [6.07, 6.45) is 6.09. The predicted molar refractivity (Wildman–Crippen MR) is 83.4 cm³/mol. The van der Waals surface area contributed by atoms with Crippen molar-refractivity contribution in [2.45, 2.75) is 50.5 Å². The van der Waals surface area contributed by atoms with Crippen LogP contribution in [0.1, 0.15) is 44.2 Å². The van der Waals surface area contributed by atoms with E-state index in [1.54, 1.807) is 0 Å². The highest BCUT2D eigenvalue weighted by atomic mass is 16.5. The highest BCUT2D eigenvalue weighted by Crippen LogP contribution is 2.26. The van der Waals surface area contributed by atoms with E-state index >= 15 is 0 Å². The molecule has 0 aliphatic heterocycles. The van der Waals surface area contributed by atoms with E-state index in [9.17, 15) is 9.90 Å². The Balaban J connectivity index is 1.58. The van der Waals surface area contributed by atoms with E-state index in [1.165, 1.54) is 12.8 Å². The second-order valence-electron chi connectivity index (χ2n) is 6.22. The van der Waals surface area contributed by atoms with E-state index in [2.05, 4.69) is 10.5 Å². The number of benzene rings is 1. The Kier molecular flexibility index (Phi) is 4.43. The van der Waals surface area contributed by atoms with Crippen LogP contribution >= 0.6 is 0 Å². The molecule has 1 aromatic heterocycles. The maximum atomic E-state index is 12.1. The first-order valence-electron chi connectivity index (χ1n) is 7.99. The third-order valence-corrected chi connectivity index (χ3v) is 4.43. The van der Waals surface area contributed by atoms with Crippen molar-refractivity contribution in [2.75, 3.05) is 6.54 Å². The number of hydrogen-bond donors (Lipinski definition) is 2. The number of para-hydroxylation sites is 1. The van der Waals surface area contributed by atoms with E-state index in [1.807, 2.05) is 24.3 Å². The smallest absolute Gasteiger partial charge is 0.226 e. The number of nitrogens with zero attached hydrogens (tertiary/aromatic N) is 1. The zero-order valence-electron chi connectivity index (χ0n) is 12.7. The number of nitrogens with one attached hydrogen (secondary N) is 1. The van der Waals surface area contributed by atoms with E-state index in [0.717, 1.165) is 31.1 Å². The average Bonchev–Trinajstić information content (AvgIpc) is 2.79. The van der Waals surface area contributed by atoms with Crippen molar-refractivity contribution < 1.29 is 14.4 Å². The molecule has 0 atom stereocenters. The number of fused-ring (bicyclic) bond motifs is 1. The molecule has 5 heteroatoms. The average molecular weight is 302 g/mol. The Labute approximate surface area is 129 Å². The zero-order valence-corrected chi connectivity index (χ0v) is 12.7. The monoisotopic (exact) mass is 302 g/mol. The number of aliphatic hydroxyl groups is 1. The van der Waals surface area contributed by atoms with Crippen molar-refractivity contribution in [1.29, 1.82) is 0 Å². The standard InChI is InChI=1S/C17H22N2O3/c20-16(18-12-17(21)9-5-1-2-6-10-17)11-14-13-7-3-4-8-15(13)22-19-14/h3-4,7-8,21H,1-2,5-6,9-12H2,(H,18,20). The molecule has 3 rings (SSSR count). The van der Waals surface area contributed by atoms with E-state index in [-0.39, 0.29) is 12.3 Å². The lowest BCUT2D eigenvalue weighted by Gasteiger charge is -2.26. The van der Waals surface area contributed by atoms with Gasteiger partial charge in [-0.2, -0.15) is 0 Å². The molecular weight excluding hydrogens is 280 g/mol. The fourth-order valence-corrected chi connectivity index (χ4v) is 3.11. The van der Waals surface area contributed by atoms with Gasteiger partial charge in [0.25, 0.3) is 0 Å². The molecule has 2 aromatic rings. The maximum absolute atomic E-state index is 12.1. The molecule has 0 bridgehead atoms. The highest BCUT2D eigenvalue weighted by molar-refractivity contribution is 5.86. The number of aromatic nitrogens is 1. The predicted octanol–water partition coefficient (Wildman–Crippen LogP) is 2.57. The van der Waals surface area contributed by atoms with Gasteiger partial charge in [0, 0.05) is 11.9 Å². The largest absolute Gasteiger partial charge is 0.388 e. The molecule has 118 valence electrons. The molecule has 1 amide bonds. The Morgan fingerprint density at radius 2 is 1.95 bits per heavy atom. The van der Waals surface area contributed by atoms with Crippen molar-refractivity contribution in [1.82, 2.24) is 10.5 Å². The first-order chi connectivity index (χ1) is 10.7. The summed E-state index contributed by atoms with van der Waals surface area (Å²) in [7, 11) is 0. The zero-order chi connectivity index (χ0) is 15.4. The van der Waals surface area contributed by atoms with Crippen LogP contribution in [0.5, 0.6) is 0 Å². The van der Waals surface area contributed by atoms with Gasteiger partial charge in [-0.25, -0.2) is 0 Å². The summed E-state index contributed by atoms with van der Waals surface area (Å²) < 4.78 is 5.20. The van der Waals surface area contributed by atoms with Gasteiger partial charge in [-0.05, 0) is 25.0 Å². The number of carbonyl (C=O) groups is 1. The second kappa shape index (κ2) is 6.48. The quantitative estimate of drug-likeness (QED) is 0.851. The summed E-state index contributed by atoms with van der Waals surface area (Å²) in [6, 6.07) is 7.50. The van der Waals surface area contributed by atoms with Crippen LogP contribution in [0.15, 0.2) is 28.8 Å². The van der Waals surface area contributed by atoms with Gasteiger partial charge in [0.2, 0.25) is 5.91 Å². The van der Waals surface area contributed by atoms with Gasteiger partial charge < -0.3 is 14.9 Å². The number of carbonyl (C=O) groups excluding carboxylic acids is 1. The summed E-state index contributed by atoms with van der Waals surface area (Å²) in [4.78, 5) is 12.1. The molecule has 0 radical (unpaired) electrons. The summed E-state index contributed by atoms with van der Waals surface area (Å²) in [5.41, 5.74) is 0.576. The van der Waals surface area contributed by atoms with Crippen LogP contribution in [0.2, 0.25) is 0 Å². The fraction of sp³-hybridized carbons (Fsp3) is 0.529. The van der Waals surface area contributed by atoms with Gasteiger partial charge in [-0.3, -0.25) is 4.79 Å². The molecule has 1 aromatic carbocycles. The third-order valence-electron chi connectivity index (χ3n) is 4.43. The molecule has 0 spiro atoms. The van der Waals surface area contributed by atoms with Crippen LogP contribution in [0.4, 0.5) is 0 Å². The minimum absolute atomic E-state index is 0.128.